The van der Waals surface area contributed by atoms with Crippen molar-refractivity contribution in [3.63, 3.8) is 0 Å². The van der Waals surface area contributed by atoms with Crippen molar-refractivity contribution >= 4 is 12.2 Å². The van der Waals surface area contributed by atoms with E-state index in [0.29, 0.717) is 13.2 Å². The smallest absolute Gasteiger partial charge is 0.407 e. The van der Waals surface area contributed by atoms with Crippen molar-refractivity contribution in [2.75, 3.05) is 19.8 Å². The van der Waals surface area contributed by atoms with Gasteiger partial charge in [0.15, 0.2) is 0 Å². The van der Waals surface area contributed by atoms with Crippen LogP contribution in [0.5, 0.6) is 0 Å². The third kappa shape index (κ3) is 5.04. The Labute approximate surface area is 183 Å². The molecule has 0 aromatic heterocycles. The molecule has 0 fully saturated rings. The summed E-state index contributed by atoms with van der Waals surface area (Å²) in [6.45, 7) is 0.936. The van der Waals surface area contributed by atoms with Crippen LogP contribution in [0.3, 0.4) is 0 Å². The second-order valence-electron chi connectivity index (χ2n) is 7.68. The molecule has 0 aliphatic heterocycles. The van der Waals surface area contributed by atoms with Gasteiger partial charge >= 0.3 is 6.09 Å². The second kappa shape index (κ2) is 10.1. The van der Waals surface area contributed by atoms with E-state index in [2.05, 4.69) is 41.7 Å². The van der Waals surface area contributed by atoms with E-state index >= 15 is 0 Å². The van der Waals surface area contributed by atoms with Gasteiger partial charge in [-0.05, 0) is 46.2 Å². The highest BCUT2D eigenvalue weighted by atomic mass is 16.5. The van der Waals surface area contributed by atoms with Crippen LogP contribution in [-0.2, 0) is 11.2 Å². The van der Waals surface area contributed by atoms with Gasteiger partial charge in [-0.1, -0.05) is 84.9 Å². The van der Waals surface area contributed by atoms with Crippen LogP contribution in [0.1, 0.15) is 34.6 Å². The molecule has 2 N–H and O–H groups in total. The summed E-state index contributed by atoms with van der Waals surface area (Å²) < 4.78 is 5.54. The van der Waals surface area contributed by atoms with Crippen LogP contribution < -0.4 is 5.32 Å². The first-order valence-corrected chi connectivity index (χ1v) is 10.7. The van der Waals surface area contributed by atoms with Gasteiger partial charge in [-0.15, -0.1) is 0 Å². The lowest BCUT2D eigenvalue weighted by Crippen LogP contribution is -2.26. The third-order valence-electron chi connectivity index (χ3n) is 5.62. The van der Waals surface area contributed by atoms with Gasteiger partial charge in [0.2, 0.25) is 0 Å². The molecule has 0 bridgehead atoms. The van der Waals surface area contributed by atoms with Crippen molar-refractivity contribution < 1.29 is 14.6 Å². The number of aliphatic hydroxyl groups is 1. The molecule has 1 aliphatic rings. The molecule has 4 rings (SSSR count). The van der Waals surface area contributed by atoms with E-state index in [1.54, 1.807) is 0 Å². The molecule has 4 nitrogen and oxygen atoms in total. The van der Waals surface area contributed by atoms with Gasteiger partial charge in [-0.3, -0.25) is 0 Å². The molecule has 3 aromatic rings. The predicted octanol–water partition coefficient (Wildman–Crippen LogP) is 5.16. The Morgan fingerprint density at radius 2 is 1.58 bits per heavy atom. The maximum atomic E-state index is 12.2. The average Bonchev–Trinajstić information content (AvgIpc) is 3.14. The Morgan fingerprint density at radius 1 is 0.935 bits per heavy atom. The van der Waals surface area contributed by atoms with Crippen LogP contribution in [0, 0.1) is 0 Å². The zero-order valence-corrected chi connectivity index (χ0v) is 17.5. The molecule has 3 aromatic carbocycles. The molecule has 1 aliphatic carbocycles. The van der Waals surface area contributed by atoms with Gasteiger partial charge in [-0.25, -0.2) is 4.79 Å². The fourth-order valence-corrected chi connectivity index (χ4v) is 4.07. The summed E-state index contributed by atoms with van der Waals surface area (Å²) in [6.07, 6.45) is 5.12. The number of hydrogen-bond acceptors (Lipinski definition) is 3. The highest BCUT2D eigenvalue weighted by Crippen LogP contribution is 2.44. The highest BCUT2D eigenvalue weighted by molar-refractivity contribution is 5.79. The lowest BCUT2D eigenvalue weighted by atomic mass is 9.98. The van der Waals surface area contributed by atoms with Gasteiger partial charge in [-0.2, -0.15) is 0 Å². The number of nitrogens with one attached hydrogen (secondary N) is 1. The Balaban J connectivity index is 1.27. The maximum Gasteiger partial charge on any atom is 0.407 e. The number of hydrogen-bond donors (Lipinski definition) is 2. The lowest BCUT2D eigenvalue weighted by Gasteiger charge is -2.14. The summed E-state index contributed by atoms with van der Waals surface area (Å²) in [5.74, 6) is 0.0676. The highest BCUT2D eigenvalue weighted by Gasteiger charge is 2.28. The minimum absolute atomic E-state index is 0.0676. The Kier molecular flexibility index (Phi) is 6.80. The van der Waals surface area contributed by atoms with Crippen molar-refractivity contribution in [2.45, 2.75) is 18.8 Å². The number of alkyl carbamates (subject to hydrolysis) is 1. The van der Waals surface area contributed by atoms with E-state index in [1.165, 1.54) is 27.8 Å². The fourth-order valence-electron chi connectivity index (χ4n) is 4.07. The van der Waals surface area contributed by atoms with E-state index in [1.807, 2.05) is 48.6 Å². The minimum atomic E-state index is -0.411. The number of carbonyl (C=O) groups excluding carboxylic acids is 1. The molecule has 0 radical (unpaired) electrons. The first-order valence-electron chi connectivity index (χ1n) is 10.7. The summed E-state index contributed by atoms with van der Waals surface area (Å²) in [5.41, 5.74) is 7.14. The molecule has 4 heteroatoms. The van der Waals surface area contributed by atoms with Crippen LogP contribution in [0.2, 0.25) is 0 Å². The topological polar surface area (TPSA) is 58.6 Å². The third-order valence-corrected chi connectivity index (χ3v) is 5.62. The number of rotatable bonds is 8. The normalized spacial score (nSPS) is 12.5. The molecule has 0 spiro atoms. The summed E-state index contributed by atoms with van der Waals surface area (Å²) >= 11 is 0. The standard InChI is InChI=1S/C27H27NO3/c29-18-6-8-21-15-13-20(14-16-21)7-5-17-28-27(30)31-19-26-24-11-3-1-9-22(24)23-10-2-4-12-25(23)26/h1-5,7,9-16,26,29H,6,8,17-19H2,(H,28,30). The minimum Gasteiger partial charge on any atom is -0.449 e. The quantitative estimate of drug-likeness (QED) is 0.536. The van der Waals surface area contributed by atoms with E-state index in [0.717, 1.165) is 18.4 Å². The van der Waals surface area contributed by atoms with Crippen LogP contribution in [0.15, 0.2) is 78.9 Å². The number of aryl methyl sites for hydroxylation is 1. The second-order valence-corrected chi connectivity index (χ2v) is 7.68. The molecule has 158 valence electrons. The maximum absolute atomic E-state index is 12.2. The van der Waals surface area contributed by atoms with Gasteiger partial charge in [0, 0.05) is 19.1 Å². The molecule has 1 amide bonds. The van der Waals surface area contributed by atoms with E-state index in [9.17, 15) is 4.79 Å². The number of fused-ring (bicyclic) bond motifs is 3. The Hall–Kier alpha value is -3.37. The SMILES string of the molecule is O=C(NCC=Cc1ccc(CCCO)cc1)OCC1c2ccccc2-c2ccccc21. The molecule has 0 heterocycles. The predicted molar refractivity (Wildman–Crippen MR) is 124 cm³/mol. The summed E-state index contributed by atoms with van der Waals surface area (Å²) in [7, 11) is 0. The Bertz CT molecular complexity index is 1010. The summed E-state index contributed by atoms with van der Waals surface area (Å²) in [4.78, 5) is 12.2. The molecule has 31 heavy (non-hydrogen) atoms. The number of carbonyl (C=O) groups is 1. The zero-order chi connectivity index (χ0) is 21.5. The molecular weight excluding hydrogens is 386 g/mol. The van der Waals surface area contributed by atoms with E-state index < -0.39 is 6.09 Å². The fraction of sp³-hybridized carbons (Fsp3) is 0.222. The molecular formula is C27H27NO3. The van der Waals surface area contributed by atoms with Gasteiger partial charge < -0.3 is 15.2 Å². The first kappa shape index (κ1) is 20.9. The van der Waals surface area contributed by atoms with Crippen LogP contribution in [0.25, 0.3) is 17.2 Å². The number of aliphatic hydroxyl groups excluding tert-OH is 1. The molecule has 0 atom stereocenters. The molecule has 0 saturated heterocycles. The first-order chi connectivity index (χ1) is 15.3. The van der Waals surface area contributed by atoms with Gasteiger partial charge in [0.1, 0.15) is 6.61 Å². The average molecular weight is 414 g/mol. The molecule has 0 unspecified atom stereocenters. The van der Waals surface area contributed by atoms with Crippen molar-refractivity contribution in [3.8, 4) is 11.1 Å². The van der Waals surface area contributed by atoms with Crippen molar-refractivity contribution in [1.29, 1.82) is 0 Å². The van der Waals surface area contributed by atoms with Crippen molar-refractivity contribution in [2.24, 2.45) is 0 Å². The van der Waals surface area contributed by atoms with Crippen LogP contribution in [-0.4, -0.2) is 31.0 Å². The van der Waals surface area contributed by atoms with E-state index in [4.69, 9.17) is 9.84 Å². The zero-order valence-electron chi connectivity index (χ0n) is 17.5. The van der Waals surface area contributed by atoms with Crippen LogP contribution >= 0.6 is 0 Å². The number of ether oxygens (including phenoxy) is 1. The number of benzene rings is 3. The monoisotopic (exact) mass is 413 g/mol. The van der Waals surface area contributed by atoms with Crippen molar-refractivity contribution in [3.05, 3.63) is 101 Å². The lowest BCUT2D eigenvalue weighted by molar-refractivity contribution is 0.144. The molecule has 0 saturated carbocycles. The summed E-state index contributed by atoms with van der Waals surface area (Å²) in [5, 5.41) is 11.7. The van der Waals surface area contributed by atoms with E-state index in [-0.39, 0.29) is 12.5 Å². The van der Waals surface area contributed by atoms with Crippen molar-refractivity contribution in [1.82, 2.24) is 5.32 Å². The summed E-state index contributed by atoms with van der Waals surface area (Å²) in [6, 6.07) is 24.8. The Morgan fingerprint density at radius 3 is 2.23 bits per heavy atom. The van der Waals surface area contributed by atoms with Crippen LogP contribution in [0.4, 0.5) is 4.79 Å². The van der Waals surface area contributed by atoms with Gasteiger partial charge in [0.05, 0.1) is 0 Å². The van der Waals surface area contributed by atoms with Gasteiger partial charge in [0.25, 0.3) is 0 Å². The largest absolute Gasteiger partial charge is 0.449 e. The number of amides is 1.